The number of aryl methyl sites for hydroxylation is 1. The zero-order valence-electron chi connectivity index (χ0n) is 9.28. The van der Waals surface area contributed by atoms with E-state index in [1.54, 1.807) is 13.0 Å². The quantitative estimate of drug-likeness (QED) is 0.789. The van der Waals surface area contributed by atoms with Crippen LogP contribution < -0.4 is 5.32 Å². The number of amides is 1. The van der Waals surface area contributed by atoms with Gasteiger partial charge in [-0.05, 0) is 18.9 Å². The van der Waals surface area contributed by atoms with Gasteiger partial charge in [0.25, 0.3) is 5.91 Å². The summed E-state index contributed by atoms with van der Waals surface area (Å²) in [4.78, 5) is 11.5. The summed E-state index contributed by atoms with van der Waals surface area (Å²) in [6.07, 6.45) is 0.897. The molecule has 1 rings (SSSR count). The van der Waals surface area contributed by atoms with Gasteiger partial charge in [0.15, 0.2) is 0 Å². The van der Waals surface area contributed by atoms with Crippen LogP contribution in [-0.2, 0) is 0 Å². The number of aliphatic hydroxyl groups excluding tert-OH is 1. The third kappa shape index (κ3) is 3.40. The van der Waals surface area contributed by atoms with Crippen molar-refractivity contribution in [1.82, 2.24) is 5.32 Å². The Morgan fingerprint density at radius 3 is 2.73 bits per heavy atom. The maximum atomic E-state index is 11.5. The molecule has 4 heteroatoms. The lowest BCUT2D eigenvalue weighted by atomic mass is 10.1. The molecule has 0 aliphatic rings. The van der Waals surface area contributed by atoms with Crippen LogP contribution in [0.1, 0.15) is 30.0 Å². The summed E-state index contributed by atoms with van der Waals surface area (Å²) in [5.41, 5.74) is 0.489. The van der Waals surface area contributed by atoms with E-state index in [0.717, 1.165) is 0 Å². The number of rotatable bonds is 4. The minimum Gasteiger partial charge on any atom is -0.469 e. The van der Waals surface area contributed by atoms with Gasteiger partial charge in [0, 0.05) is 6.54 Å². The van der Waals surface area contributed by atoms with Crippen LogP contribution in [-0.4, -0.2) is 23.7 Å². The largest absolute Gasteiger partial charge is 0.469 e. The van der Waals surface area contributed by atoms with E-state index in [1.807, 2.05) is 13.8 Å². The van der Waals surface area contributed by atoms with Crippen LogP contribution in [0.25, 0.3) is 0 Å². The van der Waals surface area contributed by atoms with Crippen molar-refractivity contribution in [2.45, 2.75) is 26.9 Å². The van der Waals surface area contributed by atoms with Crippen LogP contribution in [0.3, 0.4) is 0 Å². The van der Waals surface area contributed by atoms with Gasteiger partial charge in [-0.2, -0.15) is 0 Å². The zero-order chi connectivity index (χ0) is 11.4. The van der Waals surface area contributed by atoms with Crippen molar-refractivity contribution in [3.8, 4) is 0 Å². The highest BCUT2D eigenvalue weighted by Gasteiger charge is 2.12. The van der Waals surface area contributed by atoms with E-state index >= 15 is 0 Å². The van der Waals surface area contributed by atoms with Crippen LogP contribution in [0.4, 0.5) is 0 Å². The summed E-state index contributed by atoms with van der Waals surface area (Å²) >= 11 is 0. The second kappa shape index (κ2) is 4.98. The van der Waals surface area contributed by atoms with Gasteiger partial charge in [-0.3, -0.25) is 4.79 Å². The normalized spacial score (nSPS) is 12.9. The minimum absolute atomic E-state index is 0.136. The van der Waals surface area contributed by atoms with Gasteiger partial charge < -0.3 is 14.8 Å². The van der Waals surface area contributed by atoms with Gasteiger partial charge in [-0.1, -0.05) is 13.8 Å². The van der Waals surface area contributed by atoms with E-state index in [1.165, 1.54) is 6.26 Å². The Kier molecular flexibility index (Phi) is 3.91. The van der Waals surface area contributed by atoms with Gasteiger partial charge in [0.2, 0.25) is 0 Å². The molecular weight excluding hydrogens is 194 g/mol. The van der Waals surface area contributed by atoms with Crippen molar-refractivity contribution < 1.29 is 14.3 Å². The molecule has 1 unspecified atom stereocenters. The molecule has 0 saturated heterocycles. The first kappa shape index (κ1) is 11.8. The van der Waals surface area contributed by atoms with Crippen molar-refractivity contribution in [3.63, 3.8) is 0 Å². The molecule has 0 aliphatic heterocycles. The van der Waals surface area contributed by atoms with E-state index < -0.39 is 6.10 Å². The zero-order valence-corrected chi connectivity index (χ0v) is 9.28. The number of hydrogen-bond donors (Lipinski definition) is 2. The topological polar surface area (TPSA) is 62.5 Å². The number of hydrogen-bond acceptors (Lipinski definition) is 3. The lowest BCUT2D eigenvalue weighted by Gasteiger charge is -2.14. The molecule has 0 aliphatic carbocycles. The molecule has 2 N–H and O–H groups in total. The molecule has 84 valence electrons. The maximum Gasteiger partial charge on any atom is 0.254 e. The fourth-order valence-corrected chi connectivity index (χ4v) is 1.10. The number of aliphatic hydroxyl groups is 1. The van der Waals surface area contributed by atoms with Crippen LogP contribution in [0.5, 0.6) is 0 Å². The number of carbonyl (C=O) groups is 1. The first-order valence-electron chi connectivity index (χ1n) is 5.02. The highest BCUT2D eigenvalue weighted by Crippen LogP contribution is 2.06. The molecule has 1 heterocycles. The van der Waals surface area contributed by atoms with Crippen molar-refractivity contribution in [2.75, 3.05) is 6.54 Å². The van der Waals surface area contributed by atoms with Crippen LogP contribution in [0.2, 0.25) is 0 Å². The molecule has 1 atom stereocenters. The predicted octanol–water partition coefficient (Wildman–Crippen LogP) is 1.33. The SMILES string of the molecule is Cc1cc(C(=O)NCC(O)C(C)C)co1. The van der Waals surface area contributed by atoms with Crippen molar-refractivity contribution in [2.24, 2.45) is 5.92 Å². The van der Waals surface area contributed by atoms with Gasteiger partial charge in [-0.25, -0.2) is 0 Å². The number of furan rings is 1. The first-order valence-corrected chi connectivity index (χ1v) is 5.02. The molecule has 1 amide bonds. The fraction of sp³-hybridized carbons (Fsp3) is 0.545. The molecular formula is C11H17NO3. The van der Waals surface area contributed by atoms with Crippen LogP contribution in [0, 0.1) is 12.8 Å². The van der Waals surface area contributed by atoms with Crippen LogP contribution >= 0.6 is 0 Å². The molecule has 1 aromatic rings. The molecule has 0 saturated carbocycles. The van der Waals surface area contributed by atoms with Crippen molar-refractivity contribution in [1.29, 1.82) is 0 Å². The summed E-state index contributed by atoms with van der Waals surface area (Å²) in [6.45, 7) is 5.85. The molecule has 0 spiro atoms. The molecule has 1 aromatic heterocycles. The van der Waals surface area contributed by atoms with Gasteiger partial charge >= 0.3 is 0 Å². The molecule has 0 aromatic carbocycles. The summed E-state index contributed by atoms with van der Waals surface area (Å²) in [6, 6.07) is 1.66. The lowest BCUT2D eigenvalue weighted by Crippen LogP contribution is -2.34. The second-order valence-electron chi connectivity index (χ2n) is 3.97. The summed E-state index contributed by atoms with van der Waals surface area (Å²) in [5.74, 6) is 0.618. The Morgan fingerprint density at radius 1 is 1.60 bits per heavy atom. The first-order chi connectivity index (χ1) is 7.00. The van der Waals surface area contributed by atoms with E-state index in [0.29, 0.717) is 11.3 Å². The second-order valence-corrected chi connectivity index (χ2v) is 3.97. The smallest absolute Gasteiger partial charge is 0.254 e. The Bertz CT molecular complexity index is 330. The maximum absolute atomic E-state index is 11.5. The van der Waals surface area contributed by atoms with Gasteiger partial charge in [0.05, 0.1) is 11.7 Å². The number of nitrogens with one attached hydrogen (secondary N) is 1. The summed E-state index contributed by atoms with van der Waals surface area (Å²) in [5, 5.41) is 12.1. The summed E-state index contributed by atoms with van der Waals surface area (Å²) in [7, 11) is 0. The molecule has 15 heavy (non-hydrogen) atoms. The predicted molar refractivity (Wildman–Crippen MR) is 56.6 cm³/mol. The van der Waals surface area contributed by atoms with E-state index in [2.05, 4.69) is 5.32 Å². The highest BCUT2D eigenvalue weighted by molar-refractivity contribution is 5.93. The average molecular weight is 211 g/mol. The monoisotopic (exact) mass is 211 g/mol. The van der Waals surface area contributed by atoms with E-state index in [-0.39, 0.29) is 18.4 Å². The number of carbonyl (C=O) groups excluding carboxylic acids is 1. The Labute approximate surface area is 89.3 Å². The van der Waals surface area contributed by atoms with Gasteiger partial charge in [0.1, 0.15) is 12.0 Å². The molecule has 4 nitrogen and oxygen atoms in total. The van der Waals surface area contributed by atoms with Crippen molar-refractivity contribution in [3.05, 3.63) is 23.7 Å². The molecule has 0 bridgehead atoms. The molecule has 0 fully saturated rings. The third-order valence-electron chi connectivity index (χ3n) is 2.23. The van der Waals surface area contributed by atoms with E-state index in [9.17, 15) is 9.90 Å². The highest BCUT2D eigenvalue weighted by atomic mass is 16.3. The van der Waals surface area contributed by atoms with Gasteiger partial charge in [-0.15, -0.1) is 0 Å². The lowest BCUT2D eigenvalue weighted by molar-refractivity contribution is 0.0871. The summed E-state index contributed by atoms with van der Waals surface area (Å²) < 4.78 is 5.02. The Morgan fingerprint density at radius 2 is 2.27 bits per heavy atom. The fourth-order valence-electron chi connectivity index (χ4n) is 1.10. The molecule has 0 radical (unpaired) electrons. The van der Waals surface area contributed by atoms with Crippen LogP contribution in [0.15, 0.2) is 16.7 Å². The minimum atomic E-state index is -0.512. The standard InChI is InChI=1S/C11H17NO3/c1-7(2)10(13)5-12-11(14)9-4-8(3)15-6-9/h4,6-7,10,13H,5H2,1-3H3,(H,12,14). The Hall–Kier alpha value is -1.29. The average Bonchev–Trinajstić information content (AvgIpc) is 2.60. The Balaban J connectivity index is 2.43. The third-order valence-corrected chi connectivity index (χ3v) is 2.23. The van der Waals surface area contributed by atoms with E-state index in [4.69, 9.17) is 4.42 Å². The van der Waals surface area contributed by atoms with Crippen molar-refractivity contribution >= 4 is 5.91 Å².